The van der Waals surface area contributed by atoms with E-state index in [1.807, 2.05) is 0 Å². The van der Waals surface area contributed by atoms with E-state index in [2.05, 4.69) is 19.5 Å². The van der Waals surface area contributed by atoms with Crippen LogP contribution in [0.25, 0.3) is 0 Å². The Balaban J connectivity index is -0.000000125. The van der Waals surface area contributed by atoms with E-state index in [1.165, 1.54) is 0 Å². The van der Waals surface area contributed by atoms with Crippen molar-refractivity contribution in [2.45, 2.75) is 0 Å². The third kappa shape index (κ3) is 15.6. The van der Waals surface area contributed by atoms with Gasteiger partial charge in [0.1, 0.15) is 0 Å². The molecule has 0 aromatic heterocycles. The minimum atomic E-state index is -4.31. The summed E-state index contributed by atoms with van der Waals surface area (Å²) in [4.78, 5) is 15.2. The fourth-order valence-corrected chi connectivity index (χ4v) is 0. The minimum absolute atomic E-state index is 0. The molecule has 0 bridgehead atoms. The van der Waals surface area contributed by atoms with Crippen LogP contribution in [0, 0.1) is 0 Å². The molecule has 0 aliphatic rings. The molecule has 0 saturated carbocycles. The van der Waals surface area contributed by atoms with E-state index in [4.69, 9.17) is 9.79 Å². The van der Waals surface area contributed by atoms with Gasteiger partial charge in [0.05, 0.1) is 0 Å². The maximum atomic E-state index is 9.38. The summed E-state index contributed by atoms with van der Waals surface area (Å²) in [5.41, 5.74) is 0. The van der Waals surface area contributed by atoms with Crippen LogP contribution in [-0.4, -0.2) is 28.6 Å². The van der Waals surface area contributed by atoms with Crippen LogP contribution in [0.15, 0.2) is 0 Å². The molecule has 0 unspecified atom stereocenters. The Labute approximate surface area is 77.0 Å². The Kier molecular flexibility index (Phi) is 14.0. The van der Waals surface area contributed by atoms with E-state index >= 15 is 0 Å². The second-order valence-corrected chi connectivity index (χ2v) is 2.19. The molecular formula is H3CoLiNiO4P. The Morgan fingerprint density at radius 2 is 1.62 bits per heavy atom. The second kappa shape index (κ2) is 6.82. The molecule has 0 heterocycles. The Bertz CT molecular complexity index is 80.1. The quantitative estimate of drug-likeness (QED) is 0.437. The normalized spacial score (nSPS) is 9.00. The van der Waals surface area contributed by atoms with Crippen LogP contribution in [0.5, 0.6) is 0 Å². The third-order valence-electron chi connectivity index (χ3n) is 0.0752. The summed E-state index contributed by atoms with van der Waals surface area (Å²) >= 11 is 3.27. The van der Waals surface area contributed by atoms with Gasteiger partial charge in [0.25, 0.3) is 0 Å². The first-order chi connectivity index (χ1) is 2.56. The zero-order valence-electron chi connectivity index (χ0n) is 2.81. The topological polar surface area (TPSA) is 66.8 Å². The molecule has 2 N–H and O–H groups in total. The molecule has 0 fully saturated rings. The fourth-order valence-electron chi connectivity index (χ4n) is 0. The van der Waals surface area contributed by atoms with E-state index in [-0.39, 0.29) is 35.6 Å². The SMILES string of the molecule is O=P(O)(O)[O][Ni].[Co].[LiH]. The molecule has 0 spiro atoms. The van der Waals surface area contributed by atoms with Crippen LogP contribution >= 0.6 is 7.82 Å². The molecule has 52 valence electrons. The molecule has 0 rings (SSSR count). The number of hydrogen-bond acceptors (Lipinski definition) is 2. The van der Waals surface area contributed by atoms with Crippen molar-refractivity contribution in [2.24, 2.45) is 0 Å². The van der Waals surface area contributed by atoms with Crippen molar-refractivity contribution >= 4 is 26.7 Å². The Morgan fingerprint density at radius 3 is 1.62 bits per heavy atom. The first-order valence-electron chi connectivity index (χ1n) is 0.894. The number of hydrogen-bond donors (Lipinski definition) is 2. The van der Waals surface area contributed by atoms with Gasteiger partial charge in [-0.05, 0) is 0 Å². The van der Waals surface area contributed by atoms with Crippen LogP contribution < -0.4 is 0 Å². The molecular weight excluding hydrogens is 220 g/mol. The Morgan fingerprint density at radius 1 is 1.50 bits per heavy atom. The van der Waals surface area contributed by atoms with Crippen molar-refractivity contribution in [3.63, 3.8) is 0 Å². The van der Waals surface area contributed by atoms with E-state index in [9.17, 15) is 4.57 Å². The van der Waals surface area contributed by atoms with Crippen LogP contribution in [0.1, 0.15) is 0 Å². The molecule has 4 nitrogen and oxygen atoms in total. The number of rotatable bonds is 1. The molecule has 8 heteroatoms. The van der Waals surface area contributed by atoms with Gasteiger partial charge < -0.3 is 0 Å². The second-order valence-electron chi connectivity index (χ2n) is 0.548. The van der Waals surface area contributed by atoms with Crippen LogP contribution in [-0.2, 0) is 40.8 Å². The van der Waals surface area contributed by atoms with Crippen molar-refractivity contribution in [3.8, 4) is 0 Å². The predicted molar refractivity (Wildman–Crippen MR) is 20.3 cm³/mol. The summed E-state index contributed by atoms with van der Waals surface area (Å²) in [6, 6.07) is 0. The third-order valence-corrected chi connectivity index (χ3v) is 0.930. The molecule has 1 radical (unpaired) electrons. The first-order valence-corrected chi connectivity index (χ1v) is 2.83. The summed E-state index contributed by atoms with van der Waals surface area (Å²) in [7, 11) is -4.31. The van der Waals surface area contributed by atoms with Crippen molar-refractivity contribution in [2.75, 3.05) is 0 Å². The van der Waals surface area contributed by atoms with E-state index in [1.54, 1.807) is 0 Å². The van der Waals surface area contributed by atoms with Gasteiger partial charge in [-0.25, -0.2) is 0 Å². The molecule has 0 aromatic rings. The fraction of sp³-hybridized carbons (Fsp3) is 0. The zero-order chi connectivity index (χ0) is 5.21. The average molecular weight is 223 g/mol. The van der Waals surface area contributed by atoms with E-state index < -0.39 is 7.82 Å². The Hall–Kier alpha value is 1.71. The van der Waals surface area contributed by atoms with Crippen molar-refractivity contribution in [1.29, 1.82) is 0 Å². The van der Waals surface area contributed by atoms with Gasteiger partial charge in [-0.2, -0.15) is 0 Å². The van der Waals surface area contributed by atoms with Gasteiger partial charge in [0, 0.05) is 16.8 Å². The molecule has 0 saturated heterocycles. The summed E-state index contributed by atoms with van der Waals surface area (Å²) in [6.07, 6.45) is 0. The van der Waals surface area contributed by atoms with Gasteiger partial charge in [0.2, 0.25) is 0 Å². The first kappa shape index (κ1) is 16.4. The van der Waals surface area contributed by atoms with Gasteiger partial charge >= 0.3 is 60.5 Å². The van der Waals surface area contributed by atoms with Gasteiger partial charge in [-0.1, -0.05) is 0 Å². The van der Waals surface area contributed by atoms with E-state index in [0.29, 0.717) is 0 Å². The van der Waals surface area contributed by atoms with Crippen LogP contribution in [0.4, 0.5) is 0 Å². The summed E-state index contributed by atoms with van der Waals surface area (Å²) in [5, 5.41) is 0. The molecule has 0 atom stereocenters. The summed E-state index contributed by atoms with van der Waals surface area (Å²) in [5.74, 6) is 0. The van der Waals surface area contributed by atoms with E-state index in [0.717, 1.165) is 0 Å². The monoisotopic (exact) mass is 222 g/mol. The standard InChI is InChI=1S/Co.Li.Ni.H3O4P.H/c;;;1-5(2,3)4;/h;;;(H3,1,2,3,4);/q;;+1;;/p-1. The maximum absolute atomic E-state index is 9.38. The van der Waals surface area contributed by atoms with Crippen LogP contribution in [0.3, 0.4) is 0 Å². The van der Waals surface area contributed by atoms with Crippen molar-refractivity contribution < 1.29 is 50.6 Å². The molecule has 0 amide bonds. The van der Waals surface area contributed by atoms with Gasteiger partial charge in [-0.15, -0.1) is 0 Å². The molecule has 0 aliphatic heterocycles. The van der Waals surface area contributed by atoms with Crippen LogP contribution in [0.2, 0.25) is 0 Å². The molecule has 0 aliphatic carbocycles. The number of phosphoric acid groups is 1. The van der Waals surface area contributed by atoms with Gasteiger partial charge in [-0.3, -0.25) is 0 Å². The molecule has 8 heavy (non-hydrogen) atoms. The van der Waals surface area contributed by atoms with Crippen molar-refractivity contribution in [3.05, 3.63) is 0 Å². The predicted octanol–water partition coefficient (Wildman–Crippen LogP) is -1.09. The summed E-state index contributed by atoms with van der Waals surface area (Å²) in [6.45, 7) is 0. The average Bonchev–Trinajstić information content (AvgIpc) is 1.35. The summed E-state index contributed by atoms with van der Waals surface area (Å²) < 4.78 is 12.6. The zero-order valence-corrected chi connectivity index (χ0v) is 5.73. The molecule has 0 aromatic carbocycles. The van der Waals surface area contributed by atoms with Gasteiger partial charge in [0.15, 0.2) is 0 Å². The van der Waals surface area contributed by atoms with Crippen molar-refractivity contribution in [1.82, 2.24) is 0 Å².